The lowest BCUT2D eigenvalue weighted by Crippen LogP contribution is -2.14. The number of rotatable bonds is 5. The van der Waals surface area contributed by atoms with Crippen molar-refractivity contribution in [3.05, 3.63) is 21.4 Å². The Labute approximate surface area is 91.5 Å². The molecule has 1 aromatic rings. The van der Waals surface area contributed by atoms with E-state index in [9.17, 15) is 9.59 Å². The van der Waals surface area contributed by atoms with Crippen LogP contribution < -0.4 is 0 Å². The first-order chi connectivity index (χ1) is 7.00. The third kappa shape index (κ3) is 3.45. The molecule has 0 aliphatic rings. The number of thiophene rings is 1. The molecule has 0 atom stereocenters. The molecule has 5 heteroatoms. The van der Waals surface area contributed by atoms with E-state index in [-0.39, 0.29) is 12.4 Å². The van der Waals surface area contributed by atoms with Crippen molar-refractivity contribution >= 4 is 23.1 Å². The number of carbonyl (C=O) groups excluding carboxylic acids is 1. The number of aryl methyl sites for hydroxylation is 2. The van der Waals surface area contributed by atoms with Gasteiger partial charge in [-0.25, -0.2) is 4.79 Å². The molecule has 0 saturated carbocycles. The predicted molar refractivity (Wildman–Crippen MR) is 56.6 cm³/mol. The molecule has 1 rings (SSSR count). The summed E-state index contributed by atoms with van der Waals surface area (Å²) in [7, 11) is 0. The number of carboxylic acid groups (broad SMARTS) is 1. The molecular formula is C10H12O4S. The van der Waals surface area contributed by atoms with Gasteiger partial charge in [0.05, 0.1) is 4.88 Å². The molecule has 1 N–H and O–H groups in total. The number of carbonyl (C=O) groups is 2. The van der Waals surface area contributed by atoms with Gasteiger partial charge in [-0.1, -0.05) is 0 Å². The van der Waals surface area contributed by atoms with Gasteiger partial charge in [0.2, 0.25) is 0 Å². The zero-order chi connectivity index (χ0) is 11.4. The highest BCUT2D eigenvalue weighted by molar-refractivity contribution is 7.14. The van der Waals surface area contributed by atoms with E-state index >= 15 is 0 Å². The number of aliphatic carboxylic acids is 1. The first-order valence-electron chi connectivity index (χ1n) is 4.40. The van der Waals surface area contributed by atoms with Crippen LogP contribution in [0.2, 0.25) is 0 Å². The Balaban J connectivity index is 2.54. The molecule has 0 unspecified atom stereocenters. The molecule has 4 nitrogen and oxygen atoms in total. The van der Waals surface area contributed by atoms with Crippen LogP contribution in [0, 0.1) is 13.8 Å². The van der Waals surface area contributed by atoms with Crippen LogP contribution in [-0.2, 0) is 9.53 Å². The van der Waals surface area contributed by atoms with Gasteiger partial charge in [-0.15, -0.1) is 11.3 Å². The average molecular weight is 228 g/mol. The van der Waals surface area contributed by atoms with Gasteiger partial charge in [0.25, 0.3) is 0 Å². The molecule has 82 valence electrons. The Morgan fingerprint density at radius 1 is 1.40 bits per heavy atom. The largest absolute Gasteiger partial charge is 0.480 e. The van der Waals surface area contributed by atoms with E-state index < -0.39 is 12.6 Å². The van der Waals surface area contributed by atoms with Crippen LogP contribution in [0.3, 0.4) is 0 Å². The monoisotopic (exact) mass is 228 g/mol. The lowest BCUT2D eigenvalue weighted by Gasteiger charge is -1.99. The van der Waals surface area contributed by atoms with Crippen molar-refractivity contribution in [3.8, 4) is 0 Å². The van der Waals surface area contributed by atoms with Gasteiger partial charge >= 0.3 is 5.97 Å². The lowest BCUT2D eigenvalue weighted by atomic mass is 10.2. The van der Waals surface area contributed by atoms with Crippen LogP contribution in [0.1, 0.15) is 20.1 Å². The maximum atomic E-state index is 11.6. The third-order valence-electron chi connectivity index (χ3n) is 1.75. The molecule has 0 aliphatic heterocycles. The van der Waals surface area contributed by atoms with Gasteiger partial charge < -0.3 is 9.84 Å². The summed E-state index contributed by atoms with van der Waals surface area (Å²) in [4.78, 5) is 23.4. The predicted octanol–water partition coefficient (Wildman–Crippen LogP) is 1.65. The number of hydrogen-bond donors (Lipinski definition) is 1. The van der Waals surface area contributed by atoms with Crippen molar-refractivity contribution in [2.45, 2.75) is 13.8 Å². The van der Waals surface area contributed by atoms with Crippen LogP contribution >= 0.6 is 11.3 Å². The van der Waals surface area contributed by atoms with E-state index in [2.05, 4.69) is 0 Å². The maximum absolute atomic E-state index is 11.6. The lowest BCUT2D eigenvalue weighted by molar-refractivity contribution is -0.141. The van der Waals surface area contributed by atoms with Gasteiger partial charge in [-0.3, -0.25) is 4.79 Å². The topological polar surface area (TPSA) is 63.6 Å². The number of hydrogen-bond acceptors (Lipinski definition) is 4. The highest BCUT2D eigenvalue weighted by Crippen LogP contribution is 2.21. The second kappa shape index (κ2) is 5.04. The summed E-state index contributed by atoms with van der Waals surface area (Å²) in [5, 5.41) is 8.32. The second-order valence-corrected chi connectivity index (χ2v) is 4.44. The van der Waals surface area contributed by atoms with Crippen LogP contribution in [-0.4, -0.2) is 30.1 Å². The van der Waals surface area contributed by atoms with E-state index in [0.717, 1.165) is 10.4 Å². The maximum Gasteiger partial charge on any atom is 0.329 e. The fourth-order valence-corrected chi connectivity index (χ4v) is 2.17. The normalized spacial score (nSPS) is 10.3. The highest BCUT2D eigenvalue weighted by Gasteiger charge is 2.12. The summed E-state index contributed by atoms with van der Waals surface area (Å²) in [6.07, 6.45) is 0. The Hall–Kier alpha value is -1.20. The molecule has 0 aliphatic carbocycles. The first kappa shape index (κ1) is 11.9. The van der Waals surface area contributed by atoms with Gasteiger partial charge in [-0.05, 0) is 25.5 Å². The van der Waals surface area contributed by atoms with Gasteiger partial charge in [0.1, 0.15) is 13.2 Å². The zero-order valence-electron chi connectivity index (χ0n) is 8.57. The molecule has 1 aromatic heterocycles. The number of carboxylic acids is 1. The standard InChI is InChI=1S/C10H12O4S/c1-6-3-7(2)15-10(6)8(11)4-14-5-9(12)13/h3H,4-5H2,1-2H3,(H,12,13). The Morgan fingerprint density at radius 2 is 2.07 bits per heavy atom. The van der Waals surface area contributed by atoms with Gasteiger partial charge in [0.15, 0.2) is 5.78 Å². The summed E-state index contributed by atoms with van der Waals surface area (Å²) in [5.41, 5.74) is 0.918. The summed E-state index contributed by atoms with van der Waals surface area (Å²) < 4.78 is 4.73. The third-order valence-corrected chi connectivity index (χ3v) is 2.95. The number of Topliss-reactive ketones (excluding diaryl/α,β-unsaturated/α-hetero) is 1. The van der Waals surface area contributed by atoms with Crippen molar-refractivity contribution in [2.24, 2.45) is 0 Å². The van der Waals surface area contributed by atoms with Gasteiger partial charge in [-0.2, -0.15) is 0 Å². The summed E-state index contributed by atoms with van der Waals surface area (Å²) in [6, 6.07) is 1.93. The van der Waals surface area contributed by atoms with Gasteiger partial charge in [0, 0.05) is 4.88 Å². The summed E-state index contributed by atoms with van der Waals surface area (Å²) in [6.45, 7) is 3.17. The smallest absolute Gasteiger partial charge is 0.329 e. The first-order valence-corrected chi connectivity index (χ1v) is 5.22. The van der Waals surface area contributed by atoms with E-state index in [4.69, 9.17) is 9.84 Å². The van der Waals surface area contributed by atoms with E-state index in [0.29, 0.717) is 4.88 Å². The average Bonchev–Trinajstić information content (AvgIpc) is 2.44. The van der Waals surface area contributed by atoms with Crippen molar-refractivity contribution in [1.29, 1.82) is 0 Å². The van der Waals surface area contributed by atoms with E-state index in [1.54, 1.807) is 0 Å². The number of ether oxygens (including phenoxy) is 1. The Morgan fingerprint density at radius 3 is 2.53 bits per heavy atom. The Bertz CT molecular complexity index is 381. The molecule has 0 saturated heterocycles. The molecule has 0 amide bonds. The molecule has 0 spiro atoms. The van der Waals surface area contributed by atoms with E-state index in [1.165, 1.54) is 11.3 Å². The fourth-order valence-electron chi connectivity index (χ4n) is 1.21. The van der Waals surface area contributed by atoms with Crippen molar-refractivity contribution in [1.82, 2.24) is 0 Å². The van der Waals surface area contributed by atoms with Crippen molar-refractivity contribution in [3.63, 3.8) is 0 Å². The van der Waals surface area contributed by atoms with Crippen molar-refractivity contribution < 1.29 is 19.4 Å². The zero-order valence-corrected chi connectivity index (χ0v) is 9.39. The van der Waals surface area contributed by atoms with Crippen molar-refractivity contribution in [2.75, 3.05) is 13.2 Å². The fraction of sp³-hybridized carbons (Fsp3) is 0.400. The molecule has 1 heterocycles. The molecule has 0 aromatic carbocycles. The van der Waals surface area contributed by atoms with Crippen LogP contribution in [0.4, 0.5) is 0 Å². The van der Waals surface area contributed by atoms with Crippen LogP contribution in [0.15, 0.2) is 6.07 Å². The van der Waals surface area contributed by atoms with Crippen LogP contribution in [0.5, 0.6) is 0 Å². The highest BCUT2D eigenvalue weighted by atomic mass is 32.1. The molecule has 15 heavy (non-hydrogen) atoms. The molecule has 0 bridgehead atoms. The molecular weight excluding hydrogens is 216 g/mol. The van der Waals surface area contributed by atoms with E-state index in [1.807, 2.05) is 19.9 Å². The minimum atomic E-state index is -1.07. The molecule has 0 radical (unpaired) electrons. The second-order valence-electron chi connectivity index (χ2n) is 3.18. The minimum absolute atomic E-state index is 0.160. The molecule has 0 fully saturated rings. The summed E-state index contributed by atoms with van der Waals surface area (Å²) >= 11 is 1.40. The number of ketones is 1. The quantitative estimate of drug-likeness (QED) is 0.778. The summed E-state index contributed by atoms with van der Waals surface area (Å²) in [5.74, 6) is -1.23. The minimum Gasteiger partial charge on any atom is -0.480 e. The Kier molecular flexibility index (Phi) is 3.99. The van der Waals surface area contributed by atoms with Crippen LogP contribution in [0.25, 0.3) is 0 Å². The SMILES string of the molecule is Cc1cc(C)c(C(=O)COCC(=O)O)s1.